The van der Waals surface area contributed by atoms with Gasteiger partial charge in [0.2, 0.25) is 0 Å². The minimum Gasteiger partial charge on any atom is -0.507 e. The molecule has 2 rings (SSSR count). The molecule has 5 heteroatoms. The molecule has 0 heterocycles. The molecule has 96 valence electrons. The van der Waals surface area contributed by atoms with Crippen LogP contribution < -0.4 is 4.74 Å². The van der Waals surface area contributed by atoms with Gasteiger partial charge in [0.15, 0.2) is 0 Å². The van der Waals surface area contributed by atoms with E-state index >= 15 is 0 Å². The second-order valence-corrected chi connectivity index (χ2v) is 3.22. The molecular weight excluding hydrogens is 295 g/mol. The smallest absolute Gasteiger partial charge is 0.347 e. The molecule has 0 fully saturated rings. The van der Waals surface area contributed by atoms with Crippen molar-refractivity contribution in [2.75, 3.05) is 0 Å². The molecular formula is C13H11ClFeO3. The maximum absolute atomic E-state index is 11.7. The van der Waals surface area contributed by atoms with Crippen LogP contribution in [0, 0.1) is 0 Å². The third kappa shape index (κ3) is 4.07. The van der Waals surface area contributed by atoms with E-state index in [-0.39, 0.29) is 40.8 Å². The number of phenols is 1. The fourth-order valence-electron chi connectivity index (χ4n) is 1.30. The normalized spacial score (nSPS) is 8.67. The summed E-state index contributed by atoms with van der Waals surface area (Å²) in [6.45, 7) is 0. The number of para-hydroxylation sites is 2. The number of phenolic OH excluding ortho intramolecular Hbond substituents is 1. The van der Waals surface area contributed by atoms with E-state index < -0.39 is 5.97 Å². The second kappa shape index (κ2) is 7.77. The largest absolute Gasteiger partial charge is 0.507 e. The van der Waals surface area contributed by atoms with E-state index in [1.165, 1.54) is 12.1 Å². The Morgan fingerprint density at radius 3 is 2.11 bits per heavy atom. The number of benzene rings is 2. The Bertz CT molecular complexity index is 503. The molecule has 2 aromatic rings. The molecule has 0 aliphatic rings. The molecule has 0 saturated heterocycles. The number of halogens is 1. The van der Waals surface area contributed by atoms with Gasteiger partial charge in [-0.15, -0.1) is 12.4 Å². The first-order valence-electron chi connectivity index (χ1n) is 4.82. The molecule has 2 aromatic carbocycles. The van der Waals surface area contributed by atoms with Gasteiger partial charge in [0, 0.05) is 17.1 Å². The first-order valence-corrected chi connectivity index (χ1v) is 4.82. The SMILES string of the molecule is Cl.O=C(Oc1ccccc1)c1ccccc1O.[Fe]. The van der Waals surface area contributed by atoms with Crippen molar-refractivity contribution in [3.05, 3.63) is 60.2 Å². The standard InChI is InChI=1S/C13H10O3.ClH.Fe/c14-12-9-5-4-8-11(12)13(15)16-10-6-2-1-3-7-10;;/h1-9,14H;1H;. The quantitative estimate of drug-likeness (QED) is 0.527. The average Bonchev–Trinajstić information content (AvgIpc) is 2.31. The van der Waals surface area contributed by atoms with Crippen LogP contribution in [0.2, 0.25) is 0 Å². The maximum Gasteiger partial charge on any atom is 0.347 e. The van der Waals surface area contributed by atoms with E-state index in [1.54, 1.807) is 36.4 Å². The molecule has 0 bridgehead atoms. The summed E-state index contributed by atoms with van der Waals surface area (Å²) in [5, 5.41) is 9.46. The van der Waals surface area contributed by atoms with Crippen molar-refractivity contribution in [3.63, 3.8) is 0 Å². The van der Waals surface area contributed by atoms with Gasteiger partial charge >= 0.3 is 5.97 Å². The van der Waals surface area contributed by atoms with Crippen LogP contribution in [0.25, 0.3) is 0 Å². The van der Waals surface area contributed by atoms with Crippen molar-refractivity contribution in [3.8, 4) is 11.5 Å². The molecule has 3 nitrogen and oxygen atoms in total. The Balaban J connectivity index is 0.00000144. The summed E-state index contributed by atoms with van der Waals surface area (Å²) in [6, 6.07) is 15.0. The van der Waals surface area contributed by atoms with Crippen LogP contribution in [-0.2, 0) is 17.1 Å². The number of aromatic hydroxyl groups is 1. The van der Waals surface area contributed by atoms with Gasteiger partial charge in [-0.3, -0.25) is 0 Å². The van der Waals surface area contributed by atoms with Gasteiger partial charge in [-0.2, -0.15) is 0 Å². The maximum atomic E-state index is 11.7. The zero-order valence-corrected chi connectivity index (χ0v) is 11.1. The van der Waals surface area contributed by atoms with Crippen LogP contribution in [-0.4, -0.2) is 11.1 Å². The number of esters is 1. The summed E-state index contributed by atoms with van der Waals surface area (Å²) in [7, 11) is 0. The summed E-state index contributed by atoms with van der Waals surface area (Å²) >= 11 is 0. The van der Waals surface area contributed by atoms with Crippen molar-refractivity contribution >= 4 is 18.4 Å². The van der Waals surface area contributed by atoms with Crippen molar-refractivity contribution in [2.45, 2.75) is 0 Å². The van der Waals surface area contributed by atoms with Gasteiger partial charge < -0.3 is 9.84 Å². The zero-order valence-electron chi connectivity index (χ0n) is 9.22. The van der Waals surface area contributed by atoms with Crippen LogP contribution in [0.5, 0.6) is 11.5 Å². The summed E-state index contributed by atoms with van der Waals surface area (Å²) in [5.41, 5.74) is 0.159. The first kappa shape index (κ1) is 16.5. The number of hydrogen-bond acceptors (Lipinski definition) is 3. The zero-order chi connectivity index (χ0) is 11.4. The van der Waals surface area contributed by atoms with Crippen LogP contribution in [0.15, 0.2) is 54.6 Å². The number of carbonyl (C=O) groups excluding carboxylic acids is 1. The summed E-state index contributed by atoms with van der Waals surface area (Å²) in [4.78, 5) is 11.7. The first-order chi connectivity index (χ1) is 7.77. The van der Waals surface area contributed by atoms with Crippen molar-refractivity contribution < 1.29 is 31.7 Å². The number of hydrogen-bond donors (Lipinski definition) is 1. The molecule has 0 radical (unpaired) electrons. The van der Waals surface area contributed by atoms with E-state index in [0.29, 0.717) is 5.75 Å². The average molecular weight is 307 g/mol. The van der Waals surface area contributed by atoms with Crippen LogP contribution >= 0.6 is 12.4 Å². The predicted molar refractivity (Wildman–Crippen MR) is 66.8 cm³/mol. The summed E-state index contributed by atoms with van der Waals surface area (Å²) in [5.74, 6) is -0.191. The fraction of sp³-hybridized carbons (Fsp3) is 0. The number of carbonyl (C=O) groups is 1. The Morgan fingerprint density at radius 2 is 1.50 bits per heavy atom. The van der Waals surface area contributed by atoms with Gasteiger partial charge in [0.1, 0.15) is 17.1 Å². The topological polar surface area (TPSA) is 46.5 Å². The van der Waals surface area contributed by atoms with Crippen molar-refractivity contribution in [1.29, 1.82) is 0 Å². The van der Waals surface area contributed by atoms with Gasteiger partial charge in [0.25, 0.3) is 0 Å². The molecule has 0 aliphatic carbocycles. The Labute approximate surface area is 122 Å². The molecule has 18 heavy (non-hydrogen) atoms. The van der Waals surface area contributed by atoms with E-state index in [4.69, 9.17) is 4.74 Å². The van der Waals surface area contributed by atoms with Gasteiger partial charge in [-0.05, 0) is 24.3 Å². The third-order valence-corrected chi connectivity index (χ3v) is 2.08. The molecule has 0 spiro atoms. The molecule has 0 saturated carbocycles. The molecule has 1 N–H and O–H groups in total. The van der Waals surface area contributed by atoms with Crippen LogP contribution in [0.1, 0.15) is 10.4 Å². The predicted octanol–water partition coefficient (Wildman–Crippen LogP) is 3.03. The van der Waals surface area contributed by atoms with Gasteiger partial charge in [-0.1, -0.05) is 30.3 Å². The fourth-order valence-corrected chi connectivity index (χ4v) is 1.30. The van der Waals surface area contributed by atoms with Crippen molar-refractivity contribution in [1.82, 2.24) is 0 Å². The summed E-state index contributed by atoms with van der Waals surface area (Å²) < 4.78 is 5.08. The van der Waals surface area contributed by atoms with Gasteiger partial charge in [-0.25, -0.2) is 4.79 Å². The van der Waals surface area contributed by atoms with E-state index in [0.717, 1.165) is 0 Å². The Kier molecular flexibility index (Phi) is 7.13. The van der Waals surface area contributed by atoms with E-state index in [9.17, 15) is 9.90 Å². The third-order valence-electron chi connectivity index (χ3n) is 2.08. The minimum atomic E-state index is -0.565. The number of rotatable bonds is 2. The van der Waals surface area contributed by atoms with Crippen LogP contribution in [0.4, 0.5) is 0 Å². The second-order valence-electron chi connectivity index (χ2n) is 3.22. The minimum absolute atomic E-state index is 0. The Morgan fingerprint density at radius 1 is 0.944 bits per heavy atom. The van der Waals surface area contributed by atoms with Crippen LogP contribution in [0.3, 0.4) is 0 Å². The van der Waals surface area contributed by atoms with Crippen molar-refractivity contribution in [2.24, 2.45) is 0 Å². The number of ether oxygens (including phenoxy) is 1. The molecule has 0 aliphatic heterocycles. The summed E-state index contributed by atoms with van der Waals surface area (Å²) in [6.07, 6.45) is 0. The Hall–Kier alpha value is -1.48. The molecule has 0 amide bonds. The van der Waals surface area contributed by atoms with E-state index in [1.807, 2.05) is 6.07 Å². The monoisotopic (exact) mass is 306 g/mol. The molecule has 0 unspecified atom stereocenters. The molecule has 0 aromatic heterocycles. The van der Waals surface area contributed by atoms with Gasteiger partial charge in [0.05, 0.1) is 0 Å². The molecule has 0 atom stereocenters. The van der Waals surface area contributed by atoms with E-state index in [2.05, 4.69) is 0 Å².